The van der Waals surface area contributed by atoms with Crippen LogP contribution < -0.4 is 5.69 Å². The van der Waals surface area contributed by atoms with Gasteiger partial charge in [0, 0.05) is 46.8 Å². The number of hydrogen-bond acceptors (Lipinski definition) is 4. The summed E-state index contributed by atoms with van der Waals surface area (Å²) >= 11 is 0. The fourth-order valence-corrected chi connectivity index (χ4v) is 3.81. The largest absolute Gasteiger partial charge is 0.348 e. The molecule has 1 aliphatic heterocycles. The second-order valence-corrected chi connectivity index (χ2v) is 7.81. The van der Waals surface area contributed by atoms with Gasteiger partial charge in [-0.1, -0.05) is 19.1 Å². The molecule has 1 aliphatic rings. The zero-order chi connectivity index (χ0) is 21.0. The van der Waals surface area contributed by atoms with Gasteiger partial charge in [0.1, 0.15) is 6.54 Å². The molecule has 0 aliphatic carbocycles. The summed E-state index contributed by atoms with van der Waals surface area (Å²) < 4.78 is 3.34. The summed E-state index contributed by atoms with van der Waals surface area (Å²) in [5.41, 5.74) is 1.54. The Morgan fingerprint density at radius 2 is 1.66 bits per heavy atom. The molecule has 1 fully saturated rings. The Kier molecular flexibility index (Phi) is 6.74. The Morgan fingerprint density at radius 1 is 0.966 bits per heavy atom. The molecule has 0 saturated carbocycles. The number of nitrogens with zero attached hydrogens (tertiary/aromatic N) is 5. The number of para-hydroxylation sites is 2. The maximum Gasteiger partial charge on any atom is 0.329 e. The van der Waals surface area contributed by atoms with Crippen LogP contribution in [0.3, 0.4) is 0 Å². The number of carbonyl (C=O) groups excluding carboxylic acids is 2. The van der Waals surface area contributed by atoms with Crippen molar-refractivity contribution in [3.05, 3.63) is 34.7 Å². The van der Waals surface area contributed by atoms with Crippen molar-refractivity contribution in [2.45, 2.75) is 32.9 Å². The van der Waals surface area contributed by atoms with Gasteiger partial charge in [-0.3, -0.25) is 23.6 Å². The van der Waals surface area contributed by atoms with E-state index in [0.29, 0.717) is 32.7 Å². The van der Waals surface area contributed by atoms with E-state index in [0.717, 1.165) is 30.4 Å². The lowest BCUT2D eigenvalue weighted by atomic mass is 10.3. The number of benzene rings is 1. The van der Waals surface area contributed by atoms with Crippen LogP contribution in [0.4, 0.5) is 0 Å². The highest BCUT2D eigenvalue weighted by Crippen LogP contribution is 2.14. The highest BCUT2D eigenvalue weighted by atomic mass is 16.2. The van der Waals surface area contributed by atoms with E-state index in [1.165, 1.54) is 0 Å². The Morgan fingerprint density at radius 3 is 2.31 bits per heavy atom. The normalized spacial score (nSPS) is 15.5. The molecule has 0 bridgehead atoms. The first kappa shape index (κ1) is 21.1. The summed E-state index contributed by atoms with van der Waals surface area (Å²) in [6.45, 7) is 5.77. The van der Waals surface area contributed by atoms with Gasteiger partial charge in [-0.25, -0.2) is 4.79 Å². The third kappa shape index (κ3) is 4.70. The predicted molar refractivity (Wildman–Crippen MR) is 113 cm³/mol. The highest BCUT2D eigenvalue weighted by molar-refractivity contribution is 5.81. The average molecular weight is 402 g/mol. The lowest BCUT2D eigenvalue weighted by molar-refractivity contribution is -0.131. The number of aryl methyl sites for hydroxylation is 1. The van der Waals surface area contributed by atoms with Crippen molar-refractivity contribution in [1.29, 1.82) is 0 Å². The second-order valence-electron chi connectivity index (χ2n) is 7.81. The first-order valence-corrected chi connectivity index (χ1v) is 10.3. The molecule has 0 radical (unpaired) electrons. The number of amides is 2. The quantitative estimate of drug-likeness (QED) is 0.719. The van der Waals surface area contributed by atoms with Gasteiger partial charge >= 0.3 is 5.69 Å². The van der Waals surface area contributed by atoms with Crippen LogP contribution in [0.25, 0.3) is 11.0 Å². The molecule has 0 spiro atoms. The van der Waals surface area contributed by atoms with Crippen LogP contribution in [-0.4, -0.2) is 82.5 Å². The topological polar surface area (TPSA) is 70.8 Å². The fourth-order valence-electron chi connectivity index (χ4n) is 3.81. The maximum absolute atomic E-state index is 13.0. The molecule has 0 N–H and O–H groups in total. The molecule has 29 heavy (non-hydrogen) atoms. The Labute approximate surface area is 171 Å². The fraction of sp³-hybridized carbons (Fsp3) is 0.571. The third-order valence-electron chi connectivity index (χ3n) is 5.46. The smallest absolute Gasteiger partial charge is 0.329 e. The van der Waals surface area contributed by atoms with Gasteiger partial charge in [-0.05, 0) is 25.0 Å². The zero-order valence-corrected chi connectivity index (χ0v) is 17.6. The van der Waals surface area contributed by atoms with Crippen molar-refractivity contribution in [2.75, 3.05) is 46.8 Å². The number of rotatable bonds is 6. The number of imidazole rings is 1. The van der Waals surface area contributed by atoms with Crippen LogP contribution in [0.15, 0.2) is 29.1 Å². The van der Waals surface area contributed by atoms with Crippen molar-refractivity contribution in [3.8, 4) is 0 Å². The summed E-state index contributed by atoms with van der Waals surface area (Å²) in [5.74, 6) is 0.0207. The predicted octanol–water partition coefficient (Wildman–Crippen LogP) is 0.836. The van der Waals surface area contributed by atoms with Crippen molar-refractivity contribution in [2.24, 2.45) is 0 Å². The third-order valence-corrected chi connectivity index (χ3v) is 5.46. The van der Waals surface area contributed by atoms with E-state index in [-0.39, 0.29) is 24.0 Å². The molecule has 2 heterocycles. The number of carbonyl (C=O) groups is 2. The molecule has 8 nitrogen and oxygen atoms in total. The molecule has 0 unspecified atom stereocenters. The SMILES string of the molecule is CCCn1c(=O)n(CC(=O)N2CCCN(CC(=O)N(C)C)CC2)c2ccccc21. The van der Waals surface area contributed by atoms with Gasteiger partial charge in [-0.15, -0.1) is 0 Å². The summed E-state index contributed by atoms with van der Waals surface area (Å²) in [6, 6.07) is 7.63. The van der Waals surface area contributed by atoms with Crippen LogP contribution >= 0.6 is 0 Å². The van der Waals surface area contributed by atoms with E-state index < -0.39 is 0 Å². The lowest BCUT2D eigenvalue weighted by Gasteiger charge is -2.23. The van der Waals surface area contributed by atoms with E-state index in [2.05, 4.69) is 4.90 Å². The standard InChI is InChI=1S/C21H31N5O3/c1-4-10-25-17-8-5-6-9-18(17)26(21(25)29)16-20(28)24-12-7-11-23(13-14-24)15-19(27)22(2)3/h5-6,8-9H,4,7,10-16H2,1-3H3. The molecule has 2 aromatic rings. The molecule has 1 aromatic carbocycles. The van der Waals surface area contributed by atoms with Gasteiger partial charge in [0.15, 0.2) is 0 Å². The van der Waals surface area contributed by atoms with E-state index in [4.69, 9.17) is 0 Å². The molecule has 2 amide bonds. The minimum atomic E-state index is -0.130. The van der Waals surface area contributed by atoms with Gasteiger partial charge < -0.3 is 9.80 Å². The molecule has 158 valence electrons. The van der Waals surface area contributed by atoms with Crippen molar-refractivity contribution in [1.82, 2.24) is 23.8 Å². The number of likely N-dealkylation sites (N-methyl/N-ethyl adjacent to an activating group) is 1. The van der Waals surface area contributed by atoms with E-state index in [1.54, 1.807) is 28.1 Å². The first-order chi connectivity index (χ1) is 13.9. The summed E-state index contributed by atoms with van der Waals surface area (Å²) in [4.78, 5) is 43.4. The molecule has 3 rings (SSSR count). The minimum Gasteiger partial charge on any atom is -0.348 e. The summed E-state index contributed by atoms with van der Waals surface area (Å²) in [5, 5.41) is 0. The van der Waals surface area contributed by atoms with Crippen LogP contribution in [-0.2, 0) is 22.7 Å². The molecular weight excluding hydrogens is 370 g/mol. The molecule has 0 atom stereocenters. The lowest BCUT2D eigenvalue weighted by Crippen LogP contribution is -2.41. The average Bonchev–Trinajstić information content (AvgIpc) is 2.86. The van der Waals surface area contributed by atoms with Crippen LogP contribution in [0.5, 0.6) is 0 Å². The number of fused-ring (bicyclic) bond motifs is 1. The van der Waals surface area contributed by atoms with E-state index in [9.17, 15) is 14.4 Å². The Bertz CT molecular complexity index is 930. The monoisotopic (exact) mass is 401 g/mol. The summed E-state index contributed by atoms with van der Waals surface area (Å²) in [6.07, 6.45) is 1.68. The zero-order valence-electron chi connectivity index (χ0n) is 17.6. The Balaban J connectivity index is 1.72. The molecule has 1 saturated heterocycles. The van der Waals surface area contributed by atoms with E-state index >= 15 is 0 Å². The van der Waals surface area contributed by atoms with Crippen LogP contribution in [0.1, 0.15) is 19.8 Å². The van der Waals surface area contributed by atoms with E-state index in [1.807, 2.05) is 36.1 Å². The second kappa shape index (κ2) is 9.26. The minimum absolute atomic E-state index is 0.0483. The molecular formula is C21H31N5O3. The first-order valence-electron chi connectivity index (χ1n) is 10.3. The van der Waals surface area contributed by atoms with Gasteiger partial charge in [-0.2, -0.15) is 0 Å². The van der Waals surface area contributed by atoms with Gasteiger partial charge in [0.05, 0.1) is 17.6 Å². The van der Waals surface area contributed by atoms with Crippen molar-refractivity contribution < 1.29 is 9.59 Å². The number of hydrogen-bond donors (Lipinski definition) is 0. The van der Waals surface area contributed by atoms with Crippen molar-refractivity contribution in [3.63, 3.8) is 0 Å². The van der Waals surface area contributed by atoms with Gasteiger partial charge in [0.2, 0.25) is 11.8 Å². The molecule has 1 aromatic heterocycles. The molecule has 8 heteroatoms. The van der Waals surface area contributed by atoms with Crippen LogP contribution in [0.2, 0.25) is 0 Å². The Hall–Kier alpha value is -2.61. The maximum atomic E-state index is 13.0. The number of aromatic nitrogens is 2. The van der Waals surface area contributed by atoms with Gasteiger partial charge in [0.25, 0.3) is 0 Å². The highest BCUT2D eigenvalue weighted by Gasteiger charge is 2.23. The van der Waals surface area contributed by atoms with Crippen molar-refractivity contribution >= 4 is 22.8 Å². The summed E-state index contributed by atoms with van der Waals surface area (Å²) in [7, 11) is 3.51. The van der Waals surface area contributed by atoms with Crippen LogP contribution in [0, 0.1) is 0 Å².